The smallest absolute Gasteiger partial charge is 0.340 e. The van der Waals surface area contributed by atoms with Crippen LogP contribution in [0.2, 0.25) is 0 Å². The molecule has 3 rings (SSSR count). The number of esters is 1. The first-order valence-corrected chi connectivity index (χ1v) is 8.19. The molecule has 1 aliphatic rings. The molecule has 2 aromatic rings. The van der Waals surface area contributed by atoms with Crippen molar-refractivity contribution in [1.82, 2.24) is 0 Å². The predicted molar refractivity (Wildman–Crippen MR) is 96.1 cm³/mol. The van der Waals surface area contributed by atoms with E-state index in [0.29, 0.717) is 11.3 Å². The summed E-state index contributed by atoms with van der Waals surface area (Å²) in [4.78, 5) is 36.7. The second-order valence-electron chi connectivity index (χ2n) is 5.74. The van der Waals surface area contributed by atoms with Gasteiger partial charge in [-0.15, -0.1) is 0 Å². The van der Waals surface area contributed by atoms with E-state index in [0.717, 1.165) is 0 Å². The Bertz CT molecular complexity index is 921. The number of nitro groups is 1. The van der Waals surface area contributed by atoms with Crippen LogP contribution in [0.5, 0.6) is 0 Å². The van der Waals surface area contributed by atoms with Crippen LogP contribution in [0.1, 0.15) is 18.5 Å². The SMILES string of the molecule is CCOC(=O)C1=C(O)C(=O)N(c2ccccc2)C1c1ccc([N+](=O)[O-])cc1. The van der Waals surface area contributed by atoms with Crippen molar-refractivity contribution in [1.29, 1.82) is 0 Å². The van der Waals surface area contributed by atoms with E-state index in [4.69, 9.17) is 4.74 Å². The van der Waals surface area contributed by atoms with Crippen LogP contribution in [0.25, 0.3) is 0 Å². The van der Waals surface area contributed by atoms with Gasteiger partial charge in [-0.3, -0.25) is 19.8 Å². The third kappa shape index (κ3) is 3.24. The standard InChI is InChI=1S/C19H16N2O6/c1-2-27-19(24)15-16(12-8-10-14(11-9-12)21(25)26)20(18(23)17(15)22)13-6-4-3-5-7-13/h3-11,16,22H,2H2,1H3. The number of nitrogens with zero attached hydrogens (tertiary/aromatic N) is 2. The second-order valence-corrected chi connectivity index (χ2v) is 5.74. The molecule has 8 nitrogen and oxygen atoms in total. The Balaban J connectivity index is 2.13. The number of para-hydroxylation sites is 1. The zero-order valence-corrected chi connectivity index (χ0v) is 14.4. The third-order valence-corrected chi connectivity index (χ3v) is 4.16. The molecule has 0 bridgehead atoms. The number of hydrogen-bond acceptors (Lipinski definition) is 6. The Hall–Kier alpha value is -3.68. The average Bonchev–Trinajstić information content (AvgIpc) is 2.94. The van der Waals surface area contributed by atoms with Crippen LogP contribution in [-0.4, -0.2) is 28.5 Å². The maximum atomic E-state index is 12.7. The van der Waals surface area contributed by atoms with E-state index in [1.165, 1.54) is 29.2 Å². The van der Waals surface area contributed by atoms with Gasteiger partial charge in [-0.1, -0.05) is 18.2 Å². The molecular weight excluding hydrogens is 352 g/mol. The molecule has 0 saturated carbocycles. The molecule has 1 aliphatic heterocycles. The van der Waals surface area contributed by atoms with Crippen LogP contribution in [0.4, 0.5) is 11.4 Å². The Morgan fingerprint density at radius 2 is 1.81 bits per heavy atom. The first-order chi connectivity index (χ1) is 13.0. The molecule has 0 fully saturated rings. The highest BCUT2D eigenvalue weighted by molar-refractivity contribution is 6.15. The second kappa shape index (κ2) is 7.28. The third-order valence-electron chi connectivity index (χ3n) is 4.16. The molecule has 1 unspecified atom stereocenters. The number of benzene rings is 2. The van der Waals surface area contributed by atoms with Crippen LogP contribution in [0.3, 0.4) is 0 Å². The fourth-order valence-electron chi connectivity index (χ4n) is 2.97. The van der Waals surface area contributed by atoms with Gasteiger partial charge in [0.2, 0.25) is 0 Å². The molecule has 138 valence electrons. The summed E-state index contributed by atoms with van der Waals surface area (Å²) in [5.74, 6) is -2.25. The van der Waals surface area contributed by atoms with E-state index < -0.39 is 28.6 Å². The Labute approximate surface area is 154 Å². The molecule has 0 saturated heterocycles. The highest BCUT2D eigenvalue weighted by Gasteiger charge is 2.45. The first kappa shape index (κ1) is 18.1. The normalized spacial score (nSPS) is 16.6. The number of amides is 1. The summed E-state index contributed by atoms with van der Waals surface area (Å²) in [6.45, 7) is 1.68. The van der Waals surface area contributed by atoms with Gasteiger partial charge in [-0.25, -0.2) is 4.79 Å². The quantitative estimate of drug-likeness (QED) is 0.493. The van der Waals surface area contributed by atoms with Crippen LogP contribution < -0.4 is 4.90 Å². The lowest BCUT2D eigenvalue weighted by Crippen LogP contribution is -2.31. The lowest BCUT2D eigenvalue weighted by Gasteiger charge is -2.26. The molecule has 1 atom stereocenters. The molecule has 27 heavy (non-hydrogen) atoms. The Morgan fingerprint density at radius 3 is 2.37 bits per heavy atom. The molecule has 0 aliphatic carbocycles. The van der Waals surface area contributed by atoms with Gasteiger partial charge in [0.25, 0.3) is 11.6 Å². The van der Waals surface area contributed by atoms with Gasteiger partial charge in [0, 0.05) is 17.8 Å². The van der Waals surface area contributed by atoms with Crippen molar-refractivity contribution in [3.05, 3.63) is 81.6 Å². The number of non-ortho nitro benzene ring substituents is 1. The topological polar surface area (TPSA) is 110 Å². The number of aliphatic hydroxyl groups excluding tert-OH is 1. The minimum atomic E-state index is -0.959. The fraction of sp³-hybridized carbons (Fsp3) is 0.158. The number of rotatable bonds is 5. The summed E-state index contributed by atoms with van der Waals surface area (Å²) in [5, 5.41) is 21.2. The van der Waals surface area contributed by atoms with Gasteiger partial charge in [0.05, 0.1) is 17.6 Å². The van der Waals surface area contributed by atoms with Crippen molar-refractivity contribution in [2.24, 2.45) is 0 Å². The van der Waals surface area contributed by atoms with E-state index in [-0.39, 0.29) is 17.9 Å². The number of hydrogen-bond donors (Lipinski definition) is 1. The van der Waals surface area contributed by atoms with Crippen molar-refractivity contribution < 1.29 is 24.4 Å². The van der Waals surface area contributed by atoms with Gasteiger partial charge < -0.3 is 9.84 Å². The van der Waals surface area contributed by atoms with Crippen molar-refractivity contribution in [3.63, 3.8) is 0 Å². The first-order valence-electron chi connectivity index (χ1n) is 8.19. The molecular formula is C19H16N2O6. The van der Waals surface area contributed by atoms with Gasteiger partial charge in [0.1, 0.15) is 5.57 Å². The molecule has 2 aromatic carbocycles. The van der Waals surface area contributed by atoms with Crippen LogP contribution in [0, 0.1) is 10.1 Å². The molecule has 0 spiro atoms. The number of aliphatic hydroxyl groups is 1. The Kier molecular flexibility index (Phi) is 4.89. The van der Waals surface area contributed by atoms with E-state index in [1.54, 1.807) is 37.3 Å². The number of carbonyl (C=O) groups is 2. The van der Waals surface area contributed by atoms with Gasteiger partial charge in [-0.05, 0) is 36.8 Å². The largest absolute Gasteiger partial charge is 0.503 e. The molecule has 1 N–H and O–H groups in total. The number of nitro benzene ring substituents is 1. The summed E-state index contributed by atoms with van der Waals surface area (Å²) < 4.78 is 5.00. The number of anilines is 1. The molecule has 1 heterocycles. The van der Waals surface area contributed by atoms with E-state index >= 15 is 0 Å². The van der Waals surface area contributed by atoms with Crippen molar-refractivity contribution >= 4 is 23.3 Å². The fourth-order valence-corrected chi connectivity index (χ4v) is 2.97. The van der Waals surface area contributed by atoms with Crippen molar-refractivity contribution in [2.45, 2.75) is 13.0 Å². The summed E-state index contributed by atoms with van der Waals surface area (Å²) in [6, 6.07) is 13.0. The molecule has 0 aromatic heterocycles. The lowest BCUT2D eigenvalue weighted by molar-refractivity contribution is -0.384. The highest BCUT2D eigenvalue weighted by atomic mass is 16.6. The average molecular weight is 368 g/mol. The van der Waals surface area contributed by atoms with E-state index in [9.17, 15) is 24.8 Å². The maximum absolute atomic E-state index is 12.7. The lowest BCUT2D eigenvalue weighted by atomic mass is 9.98. The summed E-state index contributed by atoms with van der Waals surface area (Å²) in [7, 11) is 0. The number of carbonyl (C=O) groups excluding carboxylic acids is 2. The highest BCUT2D eigenvalue weighted by Crippen LogP contribution is 2.41. The number of ether oxygens (including phenoxy) is 1. The van der Waals surface area contributed by atoms with Crippen molar-refractivity contribution in [2.75, 3.05) is 11.5 Å². The van der Waals surface area contributed by atoms with Crippen LogP contribution in [0.15, 0.2) is 65.9 Å². The zero-order valence-electron chi connectivity index (χ0n) is 14.4. The minimum absolute atomic E-state index is 0.0715. The van der Waals surface area contributed by atoms with Crippen LogP contribution in [-0.2, 0) is 14.3 Å². The van der Waals surface area contributed by atoms with Gasteiger partial charge in [0.15, 0.2) is 5.76 Å². The van der Waals surface area contributed by atoms with E-state index in [2.05, 4.69) is 0 Å². The van der Waals surface area contributed by atoms with Crippen LogP contribution >= 0.6 is 0 Å². The van der Waals surface area contributed by atoms with Gasteiger partial charge >= 0.3 is 5.97 Å². The monoisotopic (exact) mass is 368 g/mol. The predicted octanol–water partition coefficient (Wildman–Crippen LogP) is 3.06. The summed E-state index contributed by atoms with van der Waals surface area (Å²) >= 11 is 0. The van der Waals surface area contributed by atoms with Gasteiger partial charge in [-0.2, -0.15) is 0 Å². The molecule has 8 heteroatoms. The summed E-state index contributed by atoms with van der Waals surface area (Å²) in [5.41, 5.74) is 0.585. The summed E-state index contributed by atoms with van der Waals surface area (Å²) in [6.07, 6.45) is 0. The molecule has 0 radical (unpaired) electrons. The minimum Gasteiger partial charge on any atom is -0.503 e. The zero-order chi connectivity index (χ0) is 19.6. The van der Waals surface area contributed by atoms with E-state index in [1.807, 2.05) is 0 Å². The maximum Gasteiger partial charge on any atom is 0.340 e. The Morgan fingerprint density at radius 1 is 1.19 bits per heavy atom. The molecule has 1 amide bonds. The van der Waals surface area contributed by atoms with Crippen molar-refractivity contribution in [3.8, 4) is 0 Å².